The van der Waals surface area contributed by atoms with Gasteiger partial charge in [0.05, 0.1) is 0 Å². The Morgan fingerprint density at radius 3 is 2.42 bits per heavy atom. The quantitative estimate of drug-likeness (QED) is 0.690. The third kappa shape index (κ3) is 1.76. The zero-order valence-corrected chi connectivity index (χ0v) is 7.36. The van der Waals surface area contributed by atoms with Crippen LogP contribution in [0.5, 0.6) is 0 Å². The van der Waals surface area contributed by atoms with E-state index in [9.17, 15) is 4.79 Å². The van der Waals surface area contributed by atoms with Crippen LogP contribution in [-0.2, 0) is 13.1 Å². The van der Waals surface area contributed by atoms with Gasteiger partial charge >= 0.3 is 5.69 Å². The fourth-order valence-corrected chi connectivity index (χ4v) is 1.17. The van der Waals surface area contributed by atoms with Gasteiger partial charge in [-0.05, 0) is 6.42 Å². The van der Waals surface area contributed by atoms with E-state index in [1.54, 1.807) is 15.3 Å². The number of aromatic nitrogens is 2. The SMILES string of the molecule is CCCn1ccn(CCN)c1=O. The van der Waals surface area contributed by atoms with Crippen molar-refractivity contribution < 1.29 is 0 Å². The molecule has 0 aliphatic carbocycles. The zero-order valence-electron chi connectivity index (χ0n) is 7.36. The Morgan fingerprint density at radius 1 is 1.33 bits per heavy atom. The molecule has 1 rings (SSSR count). The first-order chi connectivity index (χ1) is 5.79. The maximum atomic E-state index is 11.4. The predicted molar refractivity (Wildman–Crippen MR) is 48.0 cm³/mol. The highest BCUT2D eigenvalue weighted by Crippen LogP contribution is 1.87. The van der Waals surface area contributed by atoms with Gasteiger partial charge in [-0.15, -0.1) is 0 Å². The summed E-state index contributed by atoms with van der Waals surface area (Å²) in [5.74, 6) is 0. The number of aryl methyl sites for hydroxylation is 1. The van der Waals surface area contributed by atoms with Gasteiger partial charge in [-0.1, -0.05) is 6.92 Å². The molecule has 0 amide bonds. The predicted octanol–water partition coefficient (Wildman–Crippen LogP) is 0.0185. The van der Waals surface area contributed by atoms with E-state index >= 15 is 0 Å². The molecule has 0 atom stereocenters. The van der Waals surface area contributed by atoms with Crippen molar-refractivity contribution >= 4 is 0 Å². The van der Waals surface area contributed by atoms with Crippen molar-refractivity contribution in [2.75, 3.05) is 6.54 Å². The van der Waals surface area contributed by atoms with Gasteiger partial charge < -0.3 is 5.73 Å². The summed E-state index contributed by atoms with van der Waals surface area (Å²) in [6.07, 6.45) is 4.57. The van der Waals surface area contributed by atoms with Gasteiger partial charge in [-0.3, -0.25) is 9.13 Å². The van der Waals surface area contributed by atoms with E-state index in [1.165, 1.54) is 0 Å². The molecule has 2 N–H and O–H groups in total. The minimum Gasteiger partial charge on any atom is -0.329 e. The normalized spacial score (nSPS) is 10.5. The monoisotopic (exact) mass is 169 g/mol. The Hall–Kier alpha value is -1.03. The van der Waals surface area contributed by atoms with Crippen molar-refractivity contribution in [1.29, 1.82) is 0 Å². The fraction of sp³-hybridized carbons (Fsp3) is 0.625. The molecule has 0 saturated carbocycles. The van der Waals surface area contributed by atoms with Gasteiger partial charge in [0.25, 0.3) is 0 Å². The summed E-state index contributed by atoms with van der Waals surface area (Å²) in [5, 5.41) is 0. The molecule has 0 saturated heterocycles. The van der Waals surface area contributed by atoms with Crippen LogP contribution in [0.1, 0.15) is 13.3 Å². The number of nitrogens with zero attached hydrogens (tertiary/aromatic N) is 2. The lowest BCUT2D eigenvalue weighted by Gasteiger charge is -1.97. The van der Waals surface area contributed by atoms with E-state index in [4.69, 9.17) is 5.73 Å². The van der Waals surface area contributed by atoms with Crippen LogP contribution in [0.3, 0.4) is 0 Å². The Bertz CT molecular complexity index is 260. The number of nitrogens with two attached hydrogens (primary N) is 1. The molecule has 0 aliphatic heterocycles. The van der Waals surface area contributed by atoms with Crippen molar-refractivity contribution in [3.8, 4) is 0 Å². The molecule has 68 valence electrons. The highest BCUT2D eigenvalue weighted by Gasteiger charge is 1.99. The van der Waals surface area contributed by atoms with Crippen LogP contribution >= 0.6 is 0 Å². The van der Waals surface area contributed by atoms with E-state index in [0.29, 0.717) is 13.1 Å². The van der Waals surface area contributed by atoms with Gasteiger partial charge in [0.2, 0.25) is 0 Å². The van der Waals surface area contributed by atoms with Crippen LogP contribution in [0.25, 0.3) is 0 Å². The second kappa shape index (κ2) is 4.11. The second-order valence-corrected chi connectivity index (χ2v) is 2.76. The lowest BCUT2D eigenvalue weighted by atomic mass is 10.5. The fourth-order valence-electron chi connectivity index (χ4n) is 1.17. The number of hydrogen-bond acceptors (Lipinski definition) is 2. The van der Waals surface area contributed by atoms with E-state index in [-0.39, 0.29) is 5.69 Å². The number of rotatable bonds is 4. The molecule has 0 spiro atoms. The van der Waals surface area contributed by atoms with Crippen molar-refractivity contribution in [3.63, 3.8) is 0 Å². The molecule has 0 aliphatic rings. The van der Waals surface area contributed by atoms with E-state index in [1.807, 2.05) is 13.1 Å². The van der Waals surface area contributed by atoms with Crippen LogP contribution < -0.4 is 11.4 Å². The minimum atomic E-state index is 0.0438. The van der Waals surface area contributed by atoms with Crippen LogP contribution in [0, 0.1) is 0 Å². The largest absolute Gasteiger partial charge is 0.329 e. The summed E-state index contributed by atoms with van der Waals surface area (Å²) >= 11 is 0. The molecule has 0 radical (unpaired) electrons. The first-order valence-electron chi connectivity index (χ1n) is 4.25. The molecule has 0 unspecified atom stereocenters. The smallest absolute Gasteiger partial charge is 0.328 e. The Balaban J connectivity index is 2.81. The van der Waals surface area contributed by atoms with Crippen molar-refractivity contribution in [2.45, 2.75) is 26.4 Å². The molecule has 4 heteroatoms. The molecular weight excluding hydrogens is 154 g/mol. The number of imidazole rings is 1. The maximum absolute atomic E-state index is 11.4. The van der Waals surface area contributed by atoms with Gasteiger partial charge in [0.1, 0.15) is 0 Å². The van der Waals surface area contributed by atoms with Gasteiger partial charge in [0.15, 0.2) is 0 Å². The Kier molecular flexibility index (Phi) is 3.10. The molecule has 0 fully saturated rings. The molecule has 4 nitrogen and oxygen atoms in total. The molecule has 0 bridgehead atoms. The average molecular weight is 169 g/mol. The summed E-state index contributed by atoms with van der Waals surface area (Å²) in [5.41, 5.74) is 5.39. The van der Waals surface area contributed by atoms with Crippen LogP contribution in [0.15, 0.2) is 17.2 Å². The summed E-state index contributed by atoms with van der Waals surface area (Å²) < 4.78 is 3.34. The Morgan fingerprint density at radius 2 is 1.92 bits per heavy atom. The standard InChI is InChI=1S/C8H15N3O/c1-2-4-10-6-7-11(5-3-9)8(10)12/h6-7H,2-5,9H2,1H3. The van der Waals surface area contributed by atoms with Crippen molar-refractivity contribution in [3.05, 3.63) is 22.9 Å². The first-order valence-corrected chi connectivity index (χ1v) is 4.25. The summed E-state index contributed by atoms with van der Waals surface area (Å²) in [6.45, 7) is 3.95. The zero-order chi connectivity index (χ0) is 8.97. The molecule has 1 aromatic heterocycles. The molecule has 1 aromatic rings. The molecule has 0 aromatic carbocycles. The topological polar surface area (TPSA) is 52.9 Å². The van der Waals surface area contributed by atoms with Crippen molar-refractivity contribution in [2.24, 2.45) is 5.73 Å². The lowest BCUT2D eigenvalue weighted by molar-refractivity contribution is 0.605. The van der Waals surface area contributed by atoms with E-state index < -0.39 is 0 Å². The Labute approximate surface area is 71.6 Å². The van der Waals surface area contributed by atoms with Crippen LogP contribution in [0.2, 0.25) is 0 Å². The summed E-state index contributed by atoms with van der Waals surface area (Å²) in [4.78, 5) is 11.4. The van der Waals surface area contributed by atoms with Crippen LogP contribution in [0.4, 0.5) is 0 Å². The molecular formula is C8H15N3O. The summed E-state index contributed by atoms with van der Waals surface area (Å²) in [6, 6.07) is 0. The van der Waals surface area contributed by atoms with Gasteiger partial charge in [-0.2, -0.15) is 0 Å². The maximum Gasteiger partial charge on any atom is 0.328 e. The minimum absolute atomic E-state index is 0.0438. The average Bonchev–Trinajstić information content (AvgIpc) is 2.38. The molecule has 12 heavy (non-hydrogen) atoms. The second-order valence-electron chi connectivity index (χ2n) is 2.76. The number of hydrogen-bond donors (Lipinski definition) is 1. The highest BCUT2D eigenvalue weighted by molar-refractivity contribution is 4.81. The first kappa shape index (κ1) is 9.06. The third-order valence-corrected chi connectivity index (χ3v) is 1.75. The lowest BCUT2D eigenvalue weighted by Crippen LogP contribution is -2.26. The third-order valence-electron chi connectivity index (χ3n) is 1.75. The highest BCUT2D eigenvalue weighted by atomic mass is 16.1. The summed E-state index contributed by atoms with van der Waals surface area (Å²) in [7, 11) is 0. The van der Waals surface area contributed by atoms with Gasteiger partial charge in [0, 0.05) is 32.0 Å². The van der Waals surface area contributed by atoms with E-state index in [0.717, 1.165) is 13.0 Å². The van der Waals surface area contributed by atoms with Crippen LogP contribution in [-0.4, -0.2) is 15.7 Å². The van der Waals surface area contributed by atoms with E-state index in [2.05, 4.69) is 0 Å². The van der Waals surface area contributed by atoms with Gasteiger partial charge in [-0.25, -0.2) is 4.79 Å². The van der Waals surface area contributed by atoms with Crippen molar-refractivity contribution in [1.82, 2.24) is 9.13 Å². The molecule has 1 heterocycles.